The highest BCUT2D eigenvalue weighted by atomic mass is 16.5. The zero-order chi connectivity index (χ0) is 13.6. The van der Waals surface area contributed by atoms with Crippen LogP contribution >= 0.6 is 0 Å². The van der Waals surface area contributed by atoms with Gasteiger partial charge in [0.25, 0.3) is 0 Å². The van der Waals surface area contributed by atoms with Gasteiger partial charge in [-0.1, -0.05) is 13.0 Å². The first-order valence-electron chi connectivity index (χ1n) is 6.26. The second-order valence-electron chi connectivity index (χ2n) is 3.83. The highest BCUT2D eigenvalue weighted by Gasteiger charge is 2.02. The predicted molar refractivity (Wildman–Crippen MR) is 66.9 cm³/mol. The minimum absolute atomic E-state index is 0.165. The molecule has 5 nitrogen and oxygen atoms in total. The first-order valence-corrected chi connectivity index (χ1v) is 6.26. The number of carbonyl (C=O) groups is 2. The van der Waals surface area contributed by atoms with Crippen molar-refractivity contribution in [3.8, 4) is 0 Å². The predicted octanol–water partition coefficient (Wildman–Crippen LogP) is 1.59. The van der Waals surface area contributed by atoms with E-state index >= 15 is 0 Å². The van der Waals surface area contributed by atoms with Gasteiger partial charge in [0.1, 0.15) is 0 Å². The number of hydrogen-bond donors (Lipinski definition) is 1. The lowest BCUT2D eigenvalue weighted by Gasteiger charge is -2.05. The van der Waals surface area contributed by atoms with E-state index < -0.39 is 5.97 Å². The van der Waals surface area contributed by atoms with Crippen LogP contribution in [0.2, 0.25) is 0 Å². The Labute approximate surface area is 108 Å². The molecule has 0 radical (unpaired) electrons. The molecular weight excluding hydrogens is 236 g/mol. The summed E-state index contributed by atoms with van der Waals surface area (Å²) in [5, 5.41) is 8.55. The van der Waals surface area contributed by atoms with Gasteiger partial charge in [-0.3, -0.25) is 4.79 Å². The average Bonchev–Trinajstić information content (AvgIpc) is 2.38. The van der Waals surface area contributed by atoms with Crippen molar-refractivity contribution in [1.82, 2.24) is 0 Å². The molecule has 5 heteroatoms. The third kappa shape index (κ3) is 11.1. The molecule has 0 spiro atoms. The van der Waals surface area contributed by atoms with Crippen LogP contribution in [-0.2, 0) is 19.1 Å². The van der Waals surface area contributed by atoms with E-state index in [-0.39, 0.29) is 12.6 Å². The third-order valence-corrected chi connectivity index (χ3v) is 2.25. The Balaban J connectivity index is 3.24. The summed E-state index contributed by atoms with van der Waals surface area (Å²) in [5.74, 6) is -0.646. The zero-order valence-corrected chi connectivity index (χ0v) is 10.7. The Bertz CT molecular complexity index is 250. The summed E-state index contributed by atoms with van der Waals surface area (Å²) in [6.07, 6.45) is 5.16. The molecule has 0 unspecified atom stereocenters. The Morgan fingerprint density at radius 3 is 2.28 bits per heavy atom. The summed E-state index contributed by atoms with van der Waals surface area (Å²) in [7, 11) is 0. The van der Waals surface area contributed by atoms with Gasteiger partial charge in [-0.25, -0.2) is 4.79 Å². The summed E-state index contributed by atoms with van der Waals surface area (Å²) < 4.78 is 9.76. The molecule has 0 bridgehead atoms. The molecule has 104 valence electrons. The van der Waals surface area contributed by atoms with Gasteiger partial charge in [0.05, 0.1) is 13.2 Å². The molecule has 0 fully saturated rings. The van der Waals surface area contributed by atoms with Gasteiger partial charge in [-0.15, -0.1) is 0 Å². The highest BCUT2D eigenvalue weighted by Crippen LogP contribution is 2.01. The molecule has 0 saturated carbocycles. The number of aliphatic hydroxyl groups is 1. The SMILES string of the molecule is C=CC(=O)OCCCCOC(=O)CCCCCO. The number of ether oxygens (including phenoxy) is 2. The van der Waals surface area contributed by atoms with Crippen molar-refractivity contribution in [3.63, 3.8) is 0 Å². The number of esters is 2. The van der Waals surface area contributed by atoms with Crippen LogP contribution in [-0.4, -0.2) is 36.9 Å². The fraction of sp³-hybridized carbons (Fsp3) is 0.692. The van der Waals surface area contributed by atoms with Crippen molar-refractivity contribution >= 4 is 11.9 Å². The molecule has 0 atom stereocenters. The maximum atomic E-state index is 11.2. The second-order valence-corrected chi connectivity index (χ2v) is 3.83. The standard InChI is InChI=1S/C13H22O5/c1-2-12(15)17-10-6-7-11-18-13(16)8-4-3-5-9-14/h2,14H,1,3-11H2. The summed E-state index contributed by atoms with van der Waals surface area (Å²) in [5.41, 5.74) is 0. The van der Waals surface area contributed by atoms with Crippen LogP contribution in [0.1, 0.15) is 38.5 Å². The molecule has 0 heterocycles. The average molecular weight is 258 g/mol. The van der Waals surface area contributed by atoms with Crippen LogP contribution in [0, 0.1) is 0 Å². The minimum atomic E-state index is -0.434. The van der Waals surface area contributed by atoms with Crippen molar-refractivity contribution in [2.45, 2.75) is 38.5 Å². The fourth-order valence-corrected chi connectivity index (χ4v) is 1.25. The van der Waals surface area contributed by atoms with Crippen LogP contribution in [0.25, 0.3) is 0 Å². The van der Waals surface area contributed by atoms with E-state index in [2.05, 4.69) is 6.58 Å². The number of hydrogen-bond acceptors (Lipinski definition) is 5. The fourth-order valence-electron chi connectivity index (χ4n) is 1.25. The smallest absolute Gasteiger partial charge is 0.330 e. The van der Waals surface area contributed by atoms with Gasteiger partial charge in [-0.05, 0) is 25.7 Å². The van der Waals surface area contributed by atoms with Crippen molar-refractivity contribution < 1.29 is 24.2 Å². The zero-order valence-electron chi connectivity index (χ0n) is 10.7. The van der Waals surface area contributed by atoms with Crippen LogP contribution in [0.5, 0.6) is 0 Å². The molecule has 0 amide bonds. The van der Waals surface area contributed by atoms with Gasteiger partial charge in [-0.2, -0.15) is 0 Å². The largest absolute Gasteiger partial charge is 0.466 e. The maximum Gasteiger partial charge on any atom is 0.330 e. The van der Waals surface area contributed by atoms with E-state index in [0.717, 1.165) is 25.3 Å². The van der Waals surface area contributed by atoms with Gasteiger partial charge in [0.2, 0.25) is 0 Å². The van der Waals surface area contributed by atoms with E-state index in [1.54, 1.807) is 0 Å². The number of unbranched alkanes of at least 4 members (excludes halogenated alkanes) is 3. The van der Waals surface area contributed by atoms with Crippen molar-refractivity contribution in [3.05, 3.63) is 12.7 Å². The van der Waals surface area contributed by atoms with Crippen LogP contribution < -0.4 is 0 Å². The number of aliphatic hydroxyl groups excluding tert-OH is 1. The van der Waals surface area contributed by atoms with E-state index in [4.69, 9.17) is 14.6 Å². The van der Waals surface area contributed by atoms with Crippen molar-refractivity contribution in [2.24, 2.45) is 0 Å². The Morgan fingerprint density at radius 1 is 1.00 bits per heavy atom. The molecule has 1 N–H and O–H groups in total. The number of rotatable bonds is 11. The molecule has 0 rings (SSSR count). The Morgan fingerprint density at radius 2 is 1.67 bits per heavy atom. The van der Waals surface area contributed by atoms with Crippen molar-refractivity contribution in [2.75, 3.05) is 19.8 Å². The lowest BCUT2D eigenvalue weighted by molar-refractivity contribution is -0.144. The normalized spacial score (nSPS) is 9.83. The van der Waals surface area contributed by atoms with E-state index in [0.29, 0.717) is 32.5 Å². The van der Waals surface area contributed by atoms with Gasteiger partial charge < -0.3 is 14.6 Å². The molecule has 0 aliphatic heterocycles. The van der Waals surface area contributed by atoms with Gasteiger partial charge in [0, 0.05) is 19.1 Å². The van der Waals surface area contributed by atoms with E-state index in [9.17, 15) is 9.59 Å². The van der Waals surface area contributed by atoms with E-state index in [1.807, 2.05) is 0 Å². The monoisotopic (exact) mass is 258 g/mol. The van der Waals surface area contributed by atoms with Crippen LogP contribution in [0.15, 0.2) is 12.7 Å². The Kier molecular flexibility index (Phi) is 11.2. The summed E-state index contributed by atoms with van der Waals surface area (Å²) in [6.45, 7) is 4.12. The van der Waals surface area contributed by atoms with Crippen molar-refractivity contribution in [1.29, 1.82) is 0 Å². The van der Waals surface area contributed by atoms with Gasteiger partial charge in [0.15, 0.2) is 0 Å². The third-order valence-electron chi connectivity index (χ3n) is 2.25. The first-order chi connectivity index (χ1) is 8.70. The summed E-state index contributed by atoms with van der Waals surface area (Å²) in [4.78, 5) is 21.9. The summed E-state index contributed by atoms with van der Waals surface area (Å²) >= 11 is 0. The maximum absolute atomic E-state index is 11.2. The molecule has 0 aliphatic rings. The molecule has 0 aromatic carbocycles. The molecular formula is C13H22O5. The number of carbonyl (C=O) groups excluding carboxylic acids is 2. The topological polar surface area (TPSA) is 72.8 Å². The minimum Gasteiger partial charge on any atom is -0.466 e. The molecule has 0 aromatic rings. The molecule has 0 aromatic heterocycles. The quantitative estimate of drug-likeness (QED) is 0.346. The molecule has 0 aliphatic carbocycles. The van der Waals surface area contributed by atoms with Gasteiger partial charge >= 0.3 is 11.9 Å². The first kappa shape index (κ1) is 16.6. The Hall–Kier alpha value is -1.36. The molecule has 18 heavy (non-hydrogen) atoms. The molecule has 0 saturated heterocycles. The second kappa shape index (κ2) is 12.1. The lowest BCUT2D eigenvalue weighted by atomic mass is 10.2. The summed E-state index contributed by atoms with van der Waals surface area (Å²) in [6, 6.07) is 0. The van der Waals surface area contributed by atoms with Crippen LogP contribution in [0.3, 0.4) is 0 Å². The van der Waals surface area contributed by atoms with E-state index in [1.165, 1.54) is 0 Å². The van der Waals surface area contributed by atoms with Crippen LogP contribution in [0.4, 0.5) is 0 Å². The highest BCUT2D eigenvalue weighted by molar-refractivity contribution is 5.81. The lowest BCUT2D eigenvalue weighted by Crippen LogP contribution is -2.07.